The Morgan fingerprint density at radius 2 is 1.88 bits per heavy atom. The van der Waals surface area contributed by atoms with Crippen molar-refractivity contribution in [3.8, 4) is 5.75 Å². The Bertz CT molecular complexity index is 477. The number of rotatable bonds is 0. The topological polar surface area (TPSA) is 43.4 Å². The number of ketones is 1. The van der Waals surface area contributed by atoms with E-state index in [-0.39, 0.29) is 11.3 Å². The predicted octanol–water partition coefficient (Wildman–Crippen LogP) is 2.20. The van der Waals surface area contributed by atoms with Crippen LogP contribution in [0.5, 0.6) is 5.75 Å². The molecule has 0 N–H and O–H groups in total. The maximum absolute atomic E-state index is 12.3. The highest BCUT2D eigenvalue weighted by Gasteiger charge is 2.33. The third-order valence-corrected chi connectivity index (χ3v) is 2.14. The van der Waals surface area contributed by atoms with E-state index in [1.807, 2.05) is 0 Å². The lowest BCUT2D eigenvalue weighted by molar-refractivity contribution is -0.139. The normalized spacial score (nSPS) is 15.7. The van der Waals surface area contributed by atoms with Crippen LogP contribution >= 0.6 is 0 Å². The van der Waals surface area contributed by atoms with Gasteiger partial charge in [-0.05, 0) is 18.2 Å². The summed E-state index contributed by atoms with van der Waals surface area (Å²) in [6, 6.07) is 2.47. The molecular weight excluding hydrogens is 225 g/mol. The van der Waals surface area contributed by atoms with E-state index < -0.39 is 29.9 Å². The Hall–Kier alpha value is -1.85. The number of esters is 1. The average Bonchev–Trinajstić information content (AvgIpc) is 2.15. The van der Waals surface area contributed by atoms with Gasteiger partial charge in [0, 0.05) is 0 Å². The highest BCUT2D eigenvalue weighted by molar-refractivity contribution is 6.10. The molecule has 3 nitrogen and oxygen atoms in total. The molecule has 84 valence electrons. The summed E-state index contributed by atoms with van der Waals surface area (Å²) in [7, 11) is 0. The zero-order valence-corrected chi connectivity index (χ0v) is 7.80. The van der Waals surface area contributed by atoms with Crippen molar-refractivity contribution in [1.29, 1.82) is 0 Å². The molecule has 0 unspecified atom stereocenters. The summed E-state index contributed by atoms with van der Waals surface area (Å²) in [5, 5.41) is 0. The fourth-order valence-electron chi connectivity index (χ4n) is 1.40. The van der Waals surface area contributed by atoms with Crippen LogP contribution in [0.1, 0.15) is 22.3 Å². The van der Waals surface area contributed by atoms with Gasteiger partial charge in [0.25, 0.3) is 0 Å². The van der Waals surface area contributed by atoms with Crippen molar-refractivity contribution in [3.63, 3.8) is 0 Å². The van der Waals surface area contributed by atoms with Gasteiger partial charge < -0.3 is 4.74 Å². The number of halogens is 3. The molecule has 0 aromatic heterocycles. The zero-order valence-electron chi connectivity index (χ0n) is 7.80. The van der Waals surface area contributed by atoms with Crippen molar-refractivity contribution in [2.45, 2.75) is 12.6 Å². The second-order valence-corrected chi connectivity index (χ2v) is 3.28. The van der Waals surface area contributed by atoms with Crippen LogP contribution in [0.25, 0.3) is 0 Å². The Kier molecular flexibility index (Phi) is 2.22. The first-order valence-corrected chi connectivity index (χ1v) is 4.33. The lowest BCUT2D eigenvalue weighted by atomic mass is 10.0. The summed E-state index contributed by atoms with van der Waals surface area (Å²) in [5.41, 5.74) is -0.943. The number of hydrogen-bond acceptors (Lipinski definition) is 3. The first kappa shape index (κ1) is 10.7. The van der Waals surface area contributed by atoms with Crippen LogP contribution in [0.15, 0.2) is 18.2 Å². The number of carbonyl (C=O) groups excluding carboxylic acids is 2. The summed E-state index contributed by atoms with van der Waals surface area (Å²) in [6.45, 7) is 0. The van der Waals surface area contributed by atoms with Gasteiger partial charge in [-0.2, -0.15) is 13.2 Å². The molecule has 1 aromatic rings. The Morgan fingerprint density at radius 1 is 1.19 bits per heavy atom. The third-order valence-electron chi connectivity index (χ3n) is 2.14. The SMILES string of the molecule is O=C1CC(=O)c2ccc(C(F)(F)F)cc2O1. The smallest absolute Gasteiger partial charge is 0.416 e. The summed E-state index contributed by atoms with van der Waals surface area (Å²) < 4.78 is 41.6. The number of ether oxygens (including phenoxy) is 1. The highest BCUT2D eigenvalue weighted by atomic mass is 19.4. The quantitative estimate of drug-likeness (QED) is 0.390. The molecular formula is C10H5F3O3. The van der Waals surface area contributed by atoms with E-state index >= 15 is 0 Å². The number of alkyl halides is 3. The van der Waals surface area contributed by atoms with Gasteiger partial charge in [0.2, 0.25) is 0 Å². The van der Waals surface area contributed by atoms with Crippen LogP contribution in [0.3, 0.4) is 0 Å². The van der Waals surface area contributed by atoms with E-state index in [4.69, 9.17) is 0 Å². The number of hydrogen-bond donors (Lipinski definition) is 0. The van der Waals surface area contributed by atoms with Crippen LogP contribution < -0.4 is 4.74 Å². The van der Waals surface area contributed by atoms with Crippen molar-refractivity contribution in [2.24, 2.45) is 0 Å². The lowest BCUT2D eigenvalue weighted by Crippen LogP contribution is -2.22. The molecule has 0 radical (unpaired) electrons. The molecule has 0 fully saturated rings. The molecule has 1 aromatic carbocycles. The maximum Gasteiger partial charge on any atom is 0.416 e. The first-order chi connectivity index (χ1) is 7.38. The van der Waals surface area contributed by atoms with Crippen molar-refractivity contribution in [1.82, 2.24) is 0 Å². The van der Waals surface area contributed by atoms with Gasteiger partial charge in [0.05, 0.1) is 11.1 Å². The highest BCUT2D eigenvalue weighted by Crippen LogP contribution is 2.34. The first-order valence-electron chi connectivity index (χ1n) is 4.33. The summed E-state index contributed by atoms with van der Waals surface area (Å²) in [5.74, 6) is -1.69. The van der Waals surface area contributed by atoms with Gasteiger partial charge in [0.1, 0.15) is 12.2 Å². The fraction of sp³-hybridized carbons (Fsp3) is 0.200. The van der Waals surface area contributed by atoms with Crippen LogP contribution in [0.2, 0.25) is 0 Å². The van der Waals surface area contributed by atoms with Crippen molar-refractivity contribution >= 4 is 11.8 Å². The molecule has 0 atom stereocenters. The van der Waals surface area contributed by atoms with E-state index in [1.54, 1.807) is 0 Å². The minimum atomic E-state index is -4.53. The van der Waals surface area contributed by atoms with E-state index in [0.29, 0.717) is 6.07 Å². The monoisotopic (exact) mass is 230 g/mol. The molecule has 16 heavy (non-hydrogen) atoms. The van der Waals surface area contributed by atoms with Crippen LogP contribution in [0, 0.1) is 0 Å². The van der Waals surface area contributed by atoms with Crippen LogP contribution in [-0.4, -0.2) is 11.8 Å². The van der Waals surface area contributed by atoms with Crippen molar-refractivity contribution in [3.05, 3.63) is 29.3 Å². The fourth-order valence-corrected chi connectivity index (χ4v) is 1.40. The minimum Gasteiger partial charge on any atom is -0.425 e. The molecule has 0 saturated carbocycles. The summed E-state index contributed by atoms with van der Waals surface area (Å²) in [4.78, 5) is 22.1. The van der Waals surface area contributed by atoms with Gasteiger partial charge >= 0.3 is 12.1 Å². The van der Waals surface area contributed by atoms with Gasteiger partial charge in [-0.15, -0.1) is 0 Å². The van der Waals surface area contributed by atoms with E-state index in [9.17, 15) is 22.8 Å². The number of Topliss-reactive ketones (excluding diaryl/α,β-unsaturated/α-hetero) is 1. The standard InChI is InChI=1S/C10H5F3O3/c11-10(12,13)5-1-2-6-7(14)4-9(15)16-8(6)3-5/h1-3H,4H2. The molecule has 2 rings (SSSR count). The van der Waals surface area contributed by atoms with E-state index in [0.717, 1.165) is 12.1 Å². The van der Waals surface area contributed by atoms with Crippen molar-refractivity contribution in [2.75, 3.05) is 0 Å². The molecule has 0 amide bonds. The third kappa shape index (κ3) is 1.78. The minimum absolute atomic E-state index is 0.00704. The molecule has 6 heteroatoms. The van der Waals surface area contributed by atoms with Gasteiger partial charge in [-0.1, -0.05) is 0 Å². The number of benzene rings is 1. The van der Waals surface area contributed by atoms with Gasteiger partial charge in [0.15, 0.2) is 5.78 Å². The van der Waals surface area contributed by atoms with E-state index in [2.05, 4.69) is 4.74 Å². The second kappa shape index (κ2) is 3.33. The Balaban J connectivity index is 2.50. The average molecular weight is 230 g/mol. The lowest BCUT2D eigenvalue weighted by Gasteiger charge is -2.16. The van der Waals surface area contributed by atoms with Gasteiger partial charge in [-0.3, -0.25) is 9.59 Å². The number of fused-ring (bicyclic) bond motifs is 1. The largest absolute Gasteiger partial charge is 0.425 e. The summed E-state index contributed by atoms with van der Waals surface area (Å²) >= 11 is 0. The van der Waals surface area contributed by atoms with Gasteiger partial charge in [-0.25, -0.2) is 0 Å². The van der Waals surface area contributed by atoms with Crippen LogP contribution in [-0.2, 0) is 11.0 Å². The van der Waals surface area contributed by atoms with E-state index in [1.165, 1.54) is 0 Å². The zero-order chi connectivity index (χ0) is 11.9. The predicted molar refractivity (Wildman–Crippen MR) is 46.0 cm³/mol. The molecule has 1 aliphatic rings. The van der Waals surface area contributed by atoms with Crippen molar-refractivity contribution < 1.29 is 27.5 Å². The Labute approximate surface area is 87.8 Å². The molecule has 0 saturated heterocycles. The second-order valence-electron chi connectivity index (χ2n) is 3.28. The Morgan fingerprint density at radius 3 is 2.50 bits per heavy atom. The molecule has 1 aliphatic heterocycles. The van der Waals surface area contributed by atoms with Crippen LogP contribution in [0.4, 0.5) is 13.2 Å². The molecule has 0 aliphatic carbocycles. The summed E-state index contributed by atoms with van der Waals surface area (Å²) in [6.07, 6.45) is -4.96. The molecule has 0 bridgehead atoms. The molecule has 1 heterocycles. The number of carbonyl (C=O) groups is 2. The maximum atomic E-state index is 12.3. The molecule has 0 spiro atoms.